The van der Waals surface area contributed by atoms with E-state index in [1.54, 1.807) is 12.1 Å². The van der Waals surface area contributed by atoms with Crippen LogP contribution in [0.4, 0.5) is 4.39 Å². The molecule has 0 aromatic heterocycles. The Bertz CT molecular complexity index is 1020. The topological polar surface area (TPSA) is 52.7 Å². The third kappa shape index (κ3) is 4.34. The smallest absolute Gasteiger partial charge is 0.243 e. The van der Waals surface area contributed by atoms with Crippen LogP contribution in [-0.2, 0) is 22.7 Å². The van der Waals surface area contributed by atoms with Crippen molar-refractivity contribution in [3.8, 4) is 0 Å². The first kappa shape index (κ1) is 21.6. The summed E-state index contributed by atoms with van der Waals surface area (Å²) in [5, 5.41) is 2.32. The van der Waals surface area contributed by atoms with E-state index in [4.69, 9.17) is 12.6 Å². The summed E-state index contributed by atoms with van der Waals surface area (Å²) in [6.45, 7) is 3.61. The number of nitrogens with one attached hydrogen (secondary N) is 1. The minimum Gasteiger partial charge on any atom is -0.299 e. The van der Waals surface area contributed by atoms with Crippen LogP contribution in [0.2, 0.25) is 0 Å². The number of carbonyl (C=O) groups excluding carboxylic acids is 2. The number of rotatable bonds is 4. The van der Waals surface area contributed by atoms with E-state index in [1.165, 1.54) is 16.7 Å². The van der Waals surface area contributed by atoms with Crippen LogP contribution in [0.1, 0.15) is 59.2 Å². The summed E-state index contributed by atoms with van der Waals surface area (Å²) in [5.41, 5.74) is 4.85. The van der Waals surface area contributed by atoms with E-state index in [0.717, 1.165) is 38.0 Å². The highest BCUT2D eigenvalue weighted by Crippen LogP contribution is 2.40. The van der Waals surface area contributed by atoms with Crippen molar-refractivity contribution < 1.29 is 14.0 Å². The van der Waals surface area contributed by atoms with Crippen LogP contribution >= 0.6 is 12.6 Å². The van der Waals surface area contributed by atoms with Gasteiger partial charge in [0, 0.05) is 19.5 Å². The number of fused-ring (bicyclic) bond motifs is 1. The molecule has 2 aromatic rings. The molecule has 3 heterocycles. The Morgan fingerprint density at radius 3 is 2.50 bits per heavy atom. The number of amides is 2. The van der Waals surface area contributed by atoms with Crippen LogP contribution < -0.4 is 5.32 Å². The van der Waals surface area contributed by atoms with Gasteiger partial charge in [-0.25, -0.2) is 4.39 Å². The number of halogens is 1. The monoisotopic (exact) mass is 453 g/mol. The molecule has 2 fully saturated rings. The van der Waals surface area contributed by atoms with Crippen molar-refractivity contribution >= 4 is 24.4 Å². The molecule has 0 aliphatic carbocycles. The van der Waals surface area contributed by atoms with E-state index in [0.29, 0.717) is 25.3 Å². The summed E-state index contributed by atoms with van der Waals surface area (Å²) >= 11 is 4.83. The average molecular weight is 454 g/mol. The fourth-order valence-electron chi connectivity index (χ4n) is 5.29. The minimum absolute atomic E-state index is 0.141. The predicted molar refractivity (Wildman–Crippen MR) is 124 cm³/mol. The second kappa shape index (κ2) is 8.96. The Labute approximate surface area is 193 Å². The summed E-state index contributed by atoms with van der Waals surface area (Å²) < 4.78 is 13.2. The molecular weight excluding hydrogens is 425 g/mol. The number of likely N-dealkylation sites (tertiary alicyclic amines) is 1. The van der Waals surface area contributed by atoms with Gasteiger partial charge in [0.1, 0.15) is 5.82 Å². The summed E-state index contributed by atoms with van der Waals surface area (Å²) in [7, 11) is 0. The van der Waals surface area contributed by atoms with Crippen molar-refractivity contribution in [3.05, 3.63) is 70.5 Å². The van der Waals surface area contributed by atoms with Gasteiger partial charge in [0.15, 0.2) is 0 Å². The second-order valence-corrected chi connectivity index (χ2v) is 9.64. The van der Waals surface area contributed by atoms with Gasteiger partial charge in [-0.05, 0) is 72.7 Å². The van der Waals surface area contributed by atoms with E-state index in [2.05, 4.69) is 33.3 Å². The molecule has 32 heavy (non-hydrogen) atoms. The molecular formula is C25H28FN3O2S. The van der Waals surface area contributed by atoms with Crippen LogP contribution in [0.25, 0.3) is 0 Å². The molecule has 1 N–H and O–H groups in total. The van der Waals surface area contributed by atoms with Crippen molar-refractivity contribution in [2.75, 3.05) is 13.1 Å². The summed E-state index contributed by atoms with van der Waals surface area (Å²) in [4.78, 5) is 28.4. The molecule has 0 radical (unpaired) electrons. The molecule has 0 saturated carbocycles. The first-order valence-corrected chi connectivity index (χ1v) is 11.9. The van der Waals surface area contributed by atoms with Gasteiger partial charge in [-0.3, -0.25) is 24.7 Å². The molecule has 3 aliphatic heterocycles. The molecule has 2 saturated heterocycles. The fourth-order valence-corrected chi connectivity index (χ4v) is 5.77. The van der Waals surface area contributed by atoms with E-state index < -0.39 is 0 Å². The molecule has 2 amide bonds. The highest BCUT2D eigenvalue weighted by molar-refractivity contribution is 7.80. The minimum atomic E-state index is -0.309. The van der Waals surface area contributed by atoms with Crippen LogP contribution in [0, 0.1) is 5.82 Å². The van der Waals surface area contributed by atoms with Crippen molar-refractivity contribution in [1.29, 1.82) is 0 Å². The average Bonchev–Trinajstić information content (AvgIpc) is 3.11. The predicted octanol–water partition coefficient (Wildman–Crippen LogP) is 3.75. The molecule has 7 heteroatoms. The van der Waals surface area contributed by atoms with Crippen molar-refractivity contribution in [3.63, 3.8) is 0 Å². The van der Waals surface area contributed by atoms with Gasteiger partial charge < -0.3 is 0 Å². The molecule has 0 spiro atoms. The quantitative estimate of drug-likeness (QED) is 0.547. The largest absolute Gasteiger partial charge is 0.299 e. The second-order valence-electron chi connectivity index (χ2n) is 9.15. The third-order valence-corrected chi connectivity index (χ3v) is 7.68. The first-order chi connectivity index (χ1) is 15.5. The number of nitrogens with zero attached hydrogens (tertiary/aromatic N) is 2. The van der Waals surface area contributed by atoms with E-state index in [9.17, 15) is 14.0 Å². The molecule has 5 nitrogen and oxygen atoms in total. The van der Waals surface area contributed by atoms with Crippen molar-refractivity contribution in [2.45, 2.75) is 56.1 Å². The van der Waals surface area contributed by atoms with Gasteiger partial charge in [0.25, 0.3) is 0 Å². The van der Waals surface area contributed by atoms with E-state index in [-0.39, 0.29) is 29.0 Å². The van der Waals surface area contributed by atoms with Crippen LogP contribution in [-0.4, -0.2) is 40.7 Å². The Hall–Kier alpha value is -2.22. The first-order valence-electron chi connectivity index (χ1n) is 11.3. The van der Waals surface area contributed by atoms with Crippen LogP contribution in [0.15, 0.2) is 42.5 Å². The molecule has 3 aliphatic rings. The lowest BCUT2D eigenvalue weighted by Gasteiger charge is -2.32. The zero-order chi connectivity index (χ0) is 22.2. The number of thiol groups is 1. The SMILES string of the molecule is O=C1CCC(N2Cc3ccc(CN4CCC(c5ccc(F)cc5)CC4)cc3C2S)C(=O)N1. The number of carbonyl (C=O) groups is 2. The lowest BCUT2D eigenvalue weighted by atomic mass is 9.89. The van der Waals surface area contributed by atoms with E-state index in [1.807, 2.05) is 12.1 Å². The van der Waals surface area contributed by atoms with Crippen molar-refractivity contribution in [2.24, 2.45) is 0 Å². The maximum atomic E-state index is 13.2. The van der Waals surface area contributed by atoms with Crippen molar-refractivity contribution in [1.82, 2.24) is 15.1 Å². The molecule has 2 atom stereocenters. The summed E-state index contributed by atoms with van der Waals surface area (Å²) in [6, 6.07) is 13.2. The van der Waals surface area contributed by atoms with Crippen LogP contribution in [0.3, 0.4) is 0 Å². The maximum absolute atomic E-state index is 13.2. The number of benzene rings is 2. The normalized spacial score (nSPS) is 25.1. The maximum Gasteiger partial charge on any atom is 0.243 e. The lowest BCUT2D eigenvalue weighted by Crippen LogP contribution is -2.51. The molecule has 2 unspecified atom stereocenters. The highest BCUT2D eigenvalue weighted by atomic mass is 32.1. The Kier molecular flexibility index (Phi) is 6.05. The van der Waals surface area contributed by atoms with Gasteiger partial charge >= 0.3 is 0 Å². The van der Waals surface area contributed by atoms with Gasteiger partial charge in [-0.15, -0.1) is 0 Å². The summed E-state index contributed by atoms with van der Waals surface area (Å²) in [5.74, 6) is -0.0845. The standard InChI is InChI=1S/C25H28FN3O2S/c26-20-5-3-17(4-6-20)18-9-11-28(12-10-18)14-16-1-2-19-15-29(25(32)21(19)13-16)22-7-8-23(30)27-24(22)31/h1-6,13,18,22,25,32H,7-12,14-15H2,(H,27,30,31). The van der Waals surface area contributed by atoms with Gasteiger partial charge in [-0.1, -0.05) is 30.3 Å². The number of hydrogen-bond acceptors (Lipinski definition) is 5. The van der Waals surface area contributed by atoms with Gasteiger partial charge in [-0.2, -0.15) is 12.6 Å². The van der Waals surface area contributed by atoms with Gasteiger partial charge in [0.2, 0.25) is 11.8 Å². The molecule has 168 valence electrons. The van der Waals surface area contributed by atoms with E-state index >= 15 is 0 Å². The molecule has 5 rings (SSSR count). The summed E-state index contributed by atoms with van der Waals surface area (Å²) in [6.07, 6.45) is 3.08. The number of imide groups is 1. The molecule has 0 bridgehead atoms. The van der Waals surface area contributed by atoms with Crippen LogP contribution in [0.5, 0.6) is 0 Å². The Balaban J connectivity index is 1.21. The zero-order valence-corrected chi connectivity index (χ0v) is 18.9. The van der Waals surface area contributed by atoms with Gasteiger partial charge in [0.05, 0.1) is 11.4 Å². The highest BCUT2D eigenvalue weighted by Gasteiger charge is 2.39. The Morgan fingerprint density at radius 1 is 1.03 bits per heavy atom. The lowest BCUT2D eigenvalue weighted by molar-refractivity contribution is -0.137. The fraction of sp³-hybridized carbons (Fsp3) is 0.440. The Morgan fingerprint density at radius 2 is 1.78 bits per heavy atom. The number of hydrogen-bond donors (Lipinski definition) is 2. The molecule has 2 aromatic carbocycles. The number of piperidine rings is 2. The zero-order valence-electron chi connectivity index (χ0n) is 18.0. The third-order valence-electron chi connectivity index (χ3n) is 7.10.